The molecule has 1 aromatic carbocycles. The molecule has 1 fully saturated rings. The van der Waals surface area contributed by atoms with Crippen molar-refractivity contribution in [3.8, 4) is 0 Å². The second-order valence-corrected chi connectivity index (χ2v) is 4.78. The number of hydrogen-bond acceptors (Lipinski definition) is 2. The summed E-state index contributed by atoms with van der Waals surface area (Å²) < 4.78 is 0. The Kier molecular flexibility index (Phi) is 3.97. The minimum Gasteiger partial charge on any atom is -0.481 e. The highest BCUT2D eigenvalue weighted by Crippen LogP contribution is 2.25. The highest BCUT2D eigenvalue weighted by Gasteiger charge is 2.30. The average molecular weight is 247 g/mol. The van der Waals surface area contributed by atoms with Crippen LogP contribution in [-0.4, -0.2) is 23.0 Å². The van der Waals surface area contributed by atoms with E-state index in [1.54, 1.807) is 0 Å². The molecule has 1 aromatic rings. The van der Waals surface area contributed by atoms with E-state index in [0.29, 0.717) is 19.3 Å². The second-order valence-electron chi connectivity index (χ2n) is 4.78. The zero-order chi connectivity index (χ0) is 13.0. The van der Waals surface area contributed by atoms with E-state index in [1.165, 1.54) is 0 Å². The summed E-state index contributed by atoms with van der Waals surface area (Å²) in [5, 5.41) is 11.8. The Morgan fingerprint density at radius 3 is 2.56 bits per heavy atom. The van der Waals surface area contributed by atoms with Crippen molar-refractivity contribution in [3.63, 3.8) is 0 Å². The summed E-state index contributed by atoms with van der Waals surface area (Å²) in [6.07, 6.45) is 2.33. The number of carbonyl (C=O) groups is 2. The fraction of sp³-hybridized carbons (Fsp3) is 0.429. The second kappa shape index (κ2) is 5.67. The SMILES string of the molecule is O=C(Cc1ccccc1)NC1CCC(C(=O)O)C1. The van der Waals surface area contributed by atoms with Gasteiger partial charge in [-0.25, -0.2) is 0 Å². The van der Waals surface area contributed by atoms with Crippen LogP contribution in [0, 0.1) is 5.92 Å². The fourth-order valence-corrected chi connectivity index (χ4v) is 2.40. The van der Waals surface area contributed by atoms with Crippen LogP contribution in [0.4, 0.5) is 0 Å². The number of amides is 1. The zero-order valence-electron chi connectivity index (χ0n) is 10.1. The molecule has 0 heterocycles. The molecule has 1 saturated carbocycles. The topological polar surface area (TPSA) is 66.4 Å². The van der Waals surface area contributed by atoms with Crippen molar-refractivity contribution >= 4 is 11.9 Å². The van der Waals surface area contributed by atoms with Gasteiger partial charge in [-0.05, 0) is 24.8 Å². The van der Waals surface area contributed by atoms with Crippen LogP contribution in [0.15, 0.2) is 30.3 Å². The molecule has 1 aliphatic carbocycles. The Labute approximate surface area is 106 Å². The number of hydrogen-bond donors (Lipinski definition) is 2. The highest BCUT2D eigenvalue weighted by atomic mass is 16.4. The van der Waals surface area contributed by atoms with Crippen LogP contribution < -0.4 is 5.32 Å². The number of benzene rings is 1. The number of aliphatic carboxylic acids is 1. The van der Waals surface area contributed by atoms with E-state index in [9.17, 15) is 9.59 Å². The maximum Gasteiger partial charge on any atom is 0.306 e. The molecule has 2 N–H and O–H groups in total. The third kappa shape index (κ3) is 3.32. The van der Waals surface area contributed by atoms with E-state index in [4.69, 9.17) is 5.11 Å². The molecule has 0 aromatic heterocycles. The number of rotatable bonds is 4. The minimum absolute atomic E-state index is 0.0160. The van der Waals surface area contributed by atoms with E-state index >= 15 is 0 Å². The first kappa shape index (κ1) is 12.6. The van der Waals surface area contributed by atoms with E-state index in [-0.39, 0.29) is 17.9 Å². The molecule has 2 unspecified atom stereocenters. The number of carboxylic acids is 1. The molecule has 1 amide bonds. The van der Waals surface area contributed by atoms with Crippen molar-refractivity contribution in [1.29, 1.82) is 0 Å². The smallest absolute Gasteiger partial charge is 0.306 e. The molecule has 0 aliphatic heterocycles. The van der Waals surface area contributed by atoms with Crippen LogP contribution in [0.25, 0.3) is 0 Å². The standard InChI is InChI=1S/C14H17NO3/c16-13(8-10-4-2-1-3-5-10)15-12-7-6-11(9-12)14(17)18/h1-5,11-12H,6-9H2,(H,15,16)(H,17,18). The third-order valence-electron chi connectivity index (χ3n) is 3.35. The largest absolute Gasteiger partial charge is 0.481 e. The van der Waals surface area contributed by atoms with Gasteiger partial charge in [0.25, 0.3) is 0 Å². The van der Waals surface area contributed by atoms with Gasteiger partial charge in [0.15, 0.2) is 0 Å². The lowest BCUT2D eigenvalue weighted by atomic mass is 10.1. The molecular formula is C14H17NO3. The van der Waals surface area contributed by atoms with E-state index in [1.807, 2.05) is 30.3 Å². The monoisotopic (exact) mass is 247 g/mol. The minimum atomic E-state index is -0.755. The van der Waals surface area contributed by atoms with Crippen LogP contribution in [0.2, 0.25) is 0 Å². The van der Waals surface area contributed by atoms with Gasteiger partial charge in [0.05, 0.1) is 12.3 Å². The Morgan fingerprint density at radius 2 is 1.94 bits per heavy atom. The first-order valence-electron chi connectivity index (χ1n) is 6.21. The summed E-state index contributed by atoms with van der Waals surface area (Å²) in [6.45, 7) is 0. The number of carbonyl (C=O) groups excluding carboxylic acids is 1. The average Bonchev–Trinajstić information content (AvgIpc) is 2.78. The fourth-order valence-electron chi connectivity index (χ4n) is 2.40. The summed E-state index contributed by atoms with van der Waals surface area (Å²) in [5.74, 6) is -1.08. The van der Waals surface area contributed by atoms with E-state index in [0.717, 1.165) is 12.0 Å². The van der Waals surface area contributed by atoms with Gasteiger partial charge in [0.2, 0.25) is 5.91 Å². The first-order chi connectivity index (χ1) is 8.65. The summed E-state index contributed by atoms with van der Waals surface area (Å²) in [7, 11) is 0. The normalized spacial score (nSPS) is 22.7. The van der Waals surface area contributed by atoms with Gasteiger partial charge >= 0.3 is 5.97 Å². The van der Waals surface area contributed by atoms with Gasteiger partial charge in [-0.15, -0.1) is 0 Å². The Hall–Kier alpha value is -1.84. The molecule has 0 saturated heterocycles. The van der Waals surface area contributed by atoms with Crippen molar-refractivity contribution in [2.75, 3.05) is 0 Å². The molecule has 0 bridgehead atoms. The zero-order valence-corrected chi connectivity index (χ0v) is 10.1. The lowest BCUT2D eigenvalue weighted by Gasteiger charge is -2.12. The molecule has 1 aliphatic rings. The molecule has 2 atom stereocenters. The van der Waals surface area contributed by atoms with Crippen LogP contribution in [0.5, 0.6) is 0 Å². The van der Waals surface area contributed by atoms with Gasteiger partial charge in [0, 0.05) is 6.04 Å². The van der Waals surface area contributed by atoms with Gasteiger partial charge in [-0.1, -0.05) is 30.3 Å². The van der Waals surface area contributed by atoms with Crippen molar-refractivity contribution in [2.45, 2.75) is 31.7 Å². The summed E-state index contributed by atoms with van der Waals surface area (Å²) in [5.41, 5.74) is 0.975. The van der Waals surface area contributed by atoms with Crippen LogP contribution in [-0.2, 0) is 16.0 Å². The lowest BCUT2D eigenvalue weighted by Crippen LogP contribution is -2.34. The van der Waals surface area contributed by atoms with Crippen LogP contribution >= 0.6 is 0 Å². The summed E-state index contributed by atoms with van der Waals surface area (Å²) in [4.78, 5) is 22.6. The quantitative estimate of drug-likeness (QED) is 0.849. The predicted octanol–water partition coefficient (Wildman–Crippen LogP) is 1.60. The predicted molar refractivity (Wildman–Crippen MR) is 67.1 cm³/mol. The maximum absolute atomic E-state index is 11.8. The van der Waals surface area contributed by atoms with Crippen molar-refractivity contribution in [2.24, 2.45) is 5.92 Å². The first-order valence-corrected chi connectivity index (χ1v) is 6.21. The Bertz CT molecular complexity index is 430. The lowest BCUT2D eigenvalue weighted by molar-refractivity contribution is -0.141. The molecule has 2 rings (SSSR count). The molecule has 0 radical (unpaired) electrons. The molecule has 18 heavy (non-hydrogen) atoms. The van der Waals surface area contributed by atoms with Crippen LogP contribution in [0.1, 0.15) is 24.8 Å². The summed E-state index contributed by atoms with van der Waals surface area (Å²) >= 11 is 0. The molecular weight excluding hydrogens is 230 g/mol. The van der Waals surface area contributed by atoms with Crippen LogP contribution in [0.3, 0.4) is 0 Å². The third-order valence-corrected chi connectivity index (χ3v) is 3.35. The Balaban J connectivity index is 1.80. The van der Waals surface area contributed by atoms with E-state index in [2.05, 4.69) is 5.32 Å². The maximum atomic E-state index is 11.8. The van der Waals surface area contributed by atoms with E-state index < -0.39 is 5.97 Å². The van der Waals surface area contributed by atoms with Gasteiger partial charge in [-0.2, -0.15) is 0 Å². The van der Waals surface area contributed by atoms with Crippen molar-refractivity contribution < 1.29 is 14.7 Å². The highest BCUT2D eigenvalue weighted by molar-refractivity contribution is 5.79. The molecule has 4 nitrogen and oxygen atoms in total. The van der Waals surface area contributed by atoms with Crippen molar-refractivity contribution in [1.82, 2.24) is 5.32 Å². The van der Waals surface area contributed by atoms with Gasteiger partial charge < -0.3 is 10.4 Å². The Morgan fingerprint density at radius 1 is 1.22 bits per heavy atom. The van der Waals surface area contributed by atoms with Crippen molar-refractivity contribution in [3.05, 3.63) is 35.9 Å². The molecule has 0 spiro atoms. The molecule has 4 heteroatoms. The number of carboxylic acid groups (broad SMARTS) is 1. The summed E-state index contributed by atoms with van der Waals surface area (Å²) in [6, 6.07) is 9.55. The van der Waals surface area contributed by atoms with Gasteiger partial charge in [-0.3, -0.25) is 9.59 Å². The number of nitrogens with one attached hydrogen (secondary N) is 1. The van der Waals surface area contributed by atoms with Gasteiger partial charge in [0.1, 0.15) is 0 Å². The molecule has 96 valence electrons.